The summed E-state index contributed by atoms with van der Waals surface area (Å²) in [5.74, 6) is 0.205. The highest BCUT2D eigenvalue weighted by atomic mass is 16.2. The second kappa shape index (κ2) is 6.08. The molecule has 0 saturated carbocycles. The first-order chi connectivity index (χ1) is 10.6. The van der Waals surface area contributed by atoms with E-state index in [0.717, 1.165) is 43.7 Å². The zero-order valence-electron chi connectivity index (χ0n) is 13.0. The van der Waals surface area contributed by atoms with Crippen molar-refractivity contribution in [3.05, 3.63) is 24.3 Å². The third-order valence-electron chi connectivity index (χ3n) is 4.63. The molecule has 0 bridgehead atoms. The highest BCUT2D eigenvalue weighted by Gasteiger charge is 2.34. The van der Waals surface area contributed by atoms with E-state index in [0.29, 0.717) is 13.0 Å². The molecule has 2 fully saturated rings. The Bertz CT molecular complexity index is 579. The number of amides is 2. The first-order valence-corrected chi connectivity index (χ1v) is 8.01. The lowest BCUT2D eigenvalue weighted by Crippen LogP contribution is -2.46. The molecule has 1 atom stereocenters. The molecule has 3 rings (SSSR count). The predicted octanol–water partition coefficient (Wildman–Crippen LogP) is 2.14. The minimum Gasteiger partial charge on any atom is -0.326 e. The number of carbonyl (C=O) groups is 2. The number of piperidine rings is 1. The van der Waals surface area contributed by atoms with Crippen molar-refractivity contribution < 1.29 is 9.59 Å². The van der Waals surface area contributed by atoms with Crippen molar-refractivity contribution in [1.29, 1.82) is 0 Å². The second-order valence-electron chi connectivity index (χ2n) is 6.49. The zero-order valence-corrected chi connectivity index (χ0v) is 13.0. The molecule has 1 aromatic rings. The highest BCUT2D eigenvalue weighted by molar-refractivity contribution is 5.98. The topological polar surface area (TPSA) is 61.4 Å². The zero-order chi connectivity index (χ0) is 15.6. The molecule has 5 nitrogen and oxygen atoms in total. The molecular formula is C17H23N3O2. The number of hydrogen-bond donors (Lipinski definition) is 2. The maximum atomic E-state index is 12.6. The van der Waals surface area contributed by atoms with Crippen LogP contribution >= 0.6 is 0 Å². The highest BCUT2D eigenvalue weighted by Crippen LogP contribution is 2.29. The maximum Gasteiger partial charge on any atom is 0.231 e. The van der Waals surface area contributed by atoms with E-state index in [9.17, 15) is 9.59 Å². The van der Waals surface area contributed by atoms with Gasteiger partial charge in [-0.3, -0.25) is 9.59 Å². The lowest BCUT2D eigenvalue weighted by Gasteiger charge is -2.32. The van der Waals surface area contributed by atoms with Gasteiger partial charge in [0.1, 0.15) is 0 Å². The Hall–Kier alpha value is -1.88. The summed E-state index contributed by atoms with van der Waals surface area (Å²) in [6, 6.07) is 7.57. The van der Waals surface area contributed by atoms with Gasteiger partial charge in [-0.1, -0.05) is 6.07 Å². The first kappa shape index (κ1) is 15.0. The fourth-order valence-corrected chi connectivity index (χ4v) is 3.20. The van der Waals surface area contributed by atoms with Crippen LogP contribution in [0.2, 0.25) is 0 Å². The number of benzene rings is 1. The van der Waals surface area contributed by atoms with E-state index in [-0.39, 0.29) is 17.2 Å². The van der Waals surface area contributed by atoms with Gasteiger partial charge in [-0.25, -0.2) is 0 Å². The molecule has 2 aliphatic rings. The smallest absolute Gasteiger partial charge is 0.231 e. The van der Waals surface area contributed by atoms with Crippen LogP contribution in [-0.2, 0) is 9.59 Å². The number of hydrogen-bond acceptors (Lipinski definition) is 3. The molecular weight excluding hydrogens is 278 g/mol. The molecule has 0 unspecified atom stereocenters. The van der Waals surface area contributed by atoms with Gasteiger partial charge in [0.25, 0.3) is 0 Å². The van der Waals surface area contributed by atoms with Gasteiger partial charge in [-0.15, -0.1) is 0 Å². The monoisotopic (exact) mass is 301 g/mol. The predicted molar refractivity (Wildman–Crippen MR) is 86.9 cm³/mol. The Balaban J connectivity index is 1.72. The minimum absolute atomic E-state index is 0.0459. The van der Waals surface area contributed by atoms with Crippen LogP contribution in [0.4, 0.5) is 11.4 Å². The molecule has 0 radical (unpaired) electrons. The van der Waals surface area contributed by atoms with Gasteiger partial charge in [0, 0.05) is 30.9 Å². The van der Waals surface area contributed by atoms with Crippen molar-refractivity contribution in [2.45, 2.75) is 32.6 Å². The lowest BCUT2D eigenvalue weighted by molar-refractivity contribution is -0.125. The average Bonchev–Trinajstić information content (AvgIpc) is 2.94. The molecule has 118 valence electrons. The molecule has 2 amide bonds. The summed E-state index contributed by atoms with van der Waals surface area (Å²) in [5, 5.41) is 6.30. The maximum absolute atomic E-state index is 12.6. The van der Waals surface area contributed by atoms with Gasteiger partial charge < -0.3 is 15.5 Å². The third kappa shape index (κ3) is 2.99. The molecule has 5 heteroatoms. The summed E-state index contributed by atoms with van der Waals surface area (Å²) in [6.45, 7) is 4.46. The quantitative estimate of drug-likeness (QED) is 0.899. The number of nitrogens with zero attached hydrogens (tertiary/aromatic N) is 1. The van der Waals surface area contributed by atoms with Crippen molar-refractivity contribution in [2.75, 3.05) is 29.9 Å². The van der Waals surface area contributed by atoms with Gasteiger partial charge in [-0.2, -0.15) is 0 Å². The largest absolute Gasteiger partial charge is 0.326 e. The van der Waals surface area contributed by atoms with Crippen LogP contribution in [0.1, 0.15) is 32.6 Å². The molecule has 2 N–H and O–H groups in total. The van der Waals surface area contributed by atoms with Crippen LogP contribution in [0.25, 0.3) is 0 Å². The van der Waals surface area contributed by atoms with E-state index in [1.165, 1.54) is 0 Å². The van der Waals surface area contributed by atoms with Crippen LogP contribution in [0.5, 0.6) is 0 Å². The van der Waals surface area contributed by atoms with Crippen LogP contribution in [0.3, 0.4) is 0 Å². The minimum atomic E-state index is -0.363. The summed E-state index contributed by atoms with van der Waals surface area (Å²) in [6.07, 6.45) is 3.43. The van der Waals surface area contributed by atoms with E-state index < -0.39 is 0 Å². The summed E-state index contributed by atoms with van der Waals surface area (Å²) in [4.78, 5) is 26.2. The SMILES string of the molecule is C[C@@]1(C(=O)Nc2cccc(N3CCCC3=O)c2)CCCNC1. The van der Waals surface area contributed by atoms with Crippen molar-refractivity contribution in [2.24, 2.45) is 5.41 Å². The van der Waals surface area contributed by atoms with Gasteiger partial charge in [0.2, 0.25) is 11.8 Å². The molecule has 2 saturated heterocycles. The number of rotatable bonds is 3. The van der Waals surface area contributed by atoms with Gasteiger partial charge >= 0.3 is 0 Å². The molecule has 0 spiro atoms. The summed E-state index contributed by atoms with van der Waals surface area (Å²) < 4.78 is 0. The Morgan fingerprint density at radius 3 is 2.91 bits per heavy atom. The Kier molecular flexibility index (Phi) is 4.16. The second-order valence-corrected chi connectivity index (χ2v) is 6.49. The standard InChI is InChI=1S/C17H23N3O2/c1-17(8-4-9-18-12-17)16(22)19-13-5-2-6-14(11-13)20-10-3-7-15(20)21/h2,5-6,11,18H,3-4,7-10,12H2,1H3,(H,19,22)/t17-/m1/s1. The van der Waals surface area contributed by atoms with E-state index in [4.69, 9.17) is 0 Å². The number of carbonyl (C=O) groups excluding carboxylic acids is 2. The van der Waals surface area contributed by atoms with Crippen molar-refractivity contribution in [1.82, 2.24) is 5.32 Å². The van der Waals surface area contributed by atoms with Crippen molar-refractivity contribution >= 4 is 23.2 Å². The Labute approximate surface area is 131 Å². The average molecular weight is 301 g/mol. The van der Waals surface area contributed by atoms with E-state index in [1.807, 2.05) is 31.2 Å². The Morgan fingerprint density at radius 2 is 2.23 bits per heavy atom. The molecule has 2 aliphatic heterocycles. The van der Waals surface area contributed by atoms with E-state index in [2.05, 4.69) is 10.6 Å². The van der Waals surface area contributed by atoms with Gasteiger partial charge in [-0.05, 0) is 50.9 Å². The normalized spacial score (nSPS) is 25.3. The van der Waals surface area contributed by atoms with Crippen LogP contribution < -0.4 is 15.5 Å². The lowest BCUT2D eigenvalue weighted by atomic mass is 9.82. The number of nitrogens with one attached hydrogen (secondary N) is 2. The van der Waals surface area contributed by atoms with Crippen LogP contribution in [-0.4, -0.2) is 31.4 Å². The summed E-state index contributed by atoms with van der Waals surface area (Å²) in [5.41, 5.74) is 1.26. The molecule has 2 heterocycles. The van der Waals surface area contributed by atoms with Crippen molar-refractivity contribution in [3.63, 3.8) is 0 Å². The molecule has 22 heavy (non-hydrogen) atoms. The third-order valence-corrected chi connectivity index (χ3v) is 4.63. The van der Waals surface area contributed by atoms with E-state index in [1.54, 1.807) is 4.90 Å². The van der Waals surface area contributed by atoms with Crippen molar-refractivity contribution in [3.8, 4) is 0 Å². The fourth-order valence-electron chi connectivity index (χ4n) is 3.20. The van der Waals surface area contributed by atoms with Gasteiger partial charge in [0.15, 0.2) is 0 Å². The molecule has 0 aromatic heterocycles. The fraction of sp³-hybridized carbons (Fsp3) is 0.529. The Morgan fingerprint density at radius 1 is 1.36 bits per heavy atom. The molecule has 0 aliphatic carbocycles. The van der Waals surface area contributed by atoms with E-state index >= 15 is 0 Å². The number of anilines is 2. The van der Waals surface area contributed by atoms with Crippen LogP contribution in [0.15, 0.2) is 24.3 Å². The molecule has 1 aromatic carbocycles. The van der Waals surface area contributed by atoms with Crippen LogP contribution in [0, 0.1) is 5.41 Å². The summed E-state index contributed by atoms with van der Waals surface area (Å²) in [7, 11) is 0. The first-order valence-electron chi connectivity index (χ1n) is 8.01. The summed E-state index contributed by atoms with van der Waals surface area (Å²) >= 11 is 0. The van der Waals surface area contributed by atoms with Gasteiger partial charge in [0.05, 0.1) is 5.41 Å².